The van der Waals surface area contributed by atoms with Crippen LogP contribution in [0.2, 0.25) is 5.02 Å². The molecule has 156 valence electrons. The number of ether oxygens (including phenoxy) is 1. The maximum atomic E-state index is 13.0. The van der Waals surface area contributed by atoms with E-state index >= 15 is 0 Å². The van der Waals surface area contributed by atoms with Crippen molar-refractivity contribution in [3.8, 4) is 0 Å². The molecule has 5 nitrogen and oxygen atoms in total. The van der Waals surface area contributed by atoms with Gasteiger partial charge in [0.25, 0.3) is 0 Å². The molecule has 1 unspecified atom stereocenters. The summed E-state index contributed by atoms with van der Waals surface area (Å²) in [6.45, 7) is -0.0472. The number of hydrogen-bond donors (Lipinski definition) is 0. The summed E-state index contributed by atoms with van der Waals surface area (Å²) < 4.78 is 71.1. The van der Waals surface area contributed by atoms with E-state index < -0.39 is 38.7 Å². The van der Waals surface area contributed by atoms with Crippen molar-refractivity contribution < 1.29 is 31.1 Å². The Kier molecular flexibility index (Phi) is 6.21. The van der Waals surface area contributed by atoms with Gasteiger partial charge in [0.2, 0.25) is 10.0 Å². The van der Waals surface area contributed by atoms with Gasteiger partial charge in [0.05, 0.1) is 10.6 Å². The second kappa shape index (κ2) is 8.33. The van der Waals surface area contributed by atoms with Gasteiger partial charge in [-0.15, -0.1) is 0 Å². The highest BCUT2D eigenvalue weighted by atomic mass is 35.5. The van der Waals surface area contributed by atoms with Gasteiger partial charge in [-0.3, -0.25) is 4.79 Å². The van der Waals surface area contributed by atoms with Crippen LogP contribution in [0, 0.1) is 0 Å². The van der Waals surface area contributed by atoms with Gasteiger partial charge in [0.1, 0.15) is 17.5 Å². The van der Waals surface area contributed by atoms with Crippen molar-refractivity contribution in [3.05, 3.63) is 64.7 Å². The molecule has 1 heterocycles. The van der Waals surface area contributed by atoms with Crippen LogP contribution in [0.1, 0.15) is 24.0 Å². The van der Waals surface area contributed by atoms with E-state index in [1.807, 2.05) is 0 Å². The van der Waals surface area contributed by atoms with E-state index in [9.17, 15) is 26.4 Å². The highest BCUT2D eigenvalue weighted by Gasteiger charge is 2.42. The fourth-order valence-corrected chi connectivity index (χ4v) is 5.24. The first-order valence-corrected chi connectivity index (χ1v) is 10.5. The lowest BCUT2D eigenvalue weighted by atomic mass is 10.2. The van der Waals surface area contributed by atoms with Gasteiger partial charge in [0.15, 0.2) is 0 Å². The van der Waals surface area contributed by atoms with Crippen molar-refractivity contribution >= 4 is 27.6 Å². The molecule has 1 aliphatic rings. The molecule has 0 radical (unpaired) electrons. The lowest BCUT2D eigenvalue weighted by molar-refractivity contribution is -0.148. The topological polar surface area (TPSA) is 63.7 Å². The minimum atomic E-state index is -4.73. The van der Waals surface area contributed by atoms with Crippen molar-refractivity contribution in [2.24, 2.45) is 0 Å². The van der Waals surface area contributed by atoms with Gasteiger partial charge in [-0.05, 0) is 36.6 Å². The predicted octanol–water partition coefficient (Wildman–Crippen LogP) is 4.26. The third-order valence-electron chi connectivity index (χ3n) is 4.54. The third kappa shape index (κ3) is 4.73. The molecular weight excluding hydrogens is 431 g/mol. The van der Waals surface area contributed by atoms with Crippen molar-refractivity contribution in [3.63, 3.8) is 0 Å². The monoisotopic (exact) mass is 447 g/mol. The van der Waals surface area contributed by atoms with Gasteiger partial charge < -0.3 is 4.74 Å². The van der Waals surface area contributed by atoms with E-state index in [0.29, 0.717) is 18.6 Å². The number of benzene rings is 2. The maximum absolute atomic E-state index is 13.0. The fraction of sp³-hybridized carbons (Fsp3) is 0.316. The molecule has 0 aliphatic carbocycles. The Morgan fingerprint density at radius 3 is 2.52 bits per heavy atom. The Labute approximate surface area is 171 Å². The zero-order valence-electron chi connectivity index (χ0n) is 15.0. The number of esters is 1. The summed E-state index contributed by atoms with van der Waals surface area (Å²) in [4.78, 5) is 11.8. The van der Waals surface area contributed by atoms with Crippen LogP contribution in [0.5, 0.6) is 0 Å². The molecule has 0 aromatic heterocycles. The molecule has 10 heteroatoms. The van der Waals surface area contributed by atoms with Crippen LogP contribution < -0.4 is 0 Å². The molecule has 2 aromatic rings. The van der Waals surface area contributed by atoms with E-state index in [1.165, 1.54) is 0 Å². The van der Waals surface area contributed by atoms with Crippen LogP contribution in [0.3, 0.4) is 0 Å². The summed E-state index contributed by atoms with van der Waals surface area (Å²) in [5.74, 6) is -0.752. The molecule has 1 saturated heterocycles. The van der Waals surface area contributed by atoms with Gasteiger partial charge in [-0.25, -0.2) is 8.42 Å². The summed E-state index contributed by atoms with van der Waals surface area (Å²) in [7, 11) is -4.43. The number of halogens is 4. The average Bonchev–Trinajstić information content (AvgIpc) is 3.17. The first-order valence-electron chi connectivity index (χ1n) is 8.70. The number of sulfonamides is 1. The fourth-order valence-electron chi connectivity index (χ4n) is 3.09. The Morgan fingerprint density at radius 1 is 1.17 bits per heavy atom. The molecule has 0 bridgehead atoms. The molecule has 0 amide bonds. The molecular formula is C19H17ClF3NO4S. The molecule has 0 saturated carbocycles. The van der Waals surface area contributed by atoms with E-state index in [-0.39, 0.29) is 24.6 Å². The lowest BCUT2D eigenvalue weighted by Gasteiger charge is -2.23. The van der Waals surface area contributed by atoms with Crippen molar-refractivity contribution in [2.45, 2.75) is 36.6 Å². The number of alkyl halides is 3. The van der Waals surface area contributed by atoms with E-state index in [1.54, 1.807) is 30.3 Å². The lowest BCUT2D eigenvalue weighted by Crippen LogP contribution is -2.41. The standard InChI is InChI=1S/C19H17ClF3NO4S/c20-15-9-8-14(19(21,22)23)11-17(15)29(26,27)24-10-4-7-16(24)18(25)28-12-13-5-2-1-3-6-13/h1-3,5-6,8-9,11,16H,4,7,10,12H2. The Bertz CT molecular complexity index is 996. The first kappa shape index (κ1) is 21.6. The van der Waals surface area contributed by atoms with Gasteiger partial charge in [0, 0.05) is 6.54 Å². The second-order valence-electron chi connectivity index (χ2n) is 6.51. The minimum absolute atomic E-state index is 0.0139. The van der Waals surface area contributed by atoms with Crippen LogP contribution in [-0.2, 0) is 32.3 Å². The Balaban J connectivity index is 1.83. The molecule has 1 aliphatic heterocycles. The highest BCUT2D eigenvalue weighted by Crippen LogP contribution is 2.36. The maximum Gasteiger partial charge on any atom is 0.416 e. The molecule has 29 heavy (non-hydrogen) atoms. The number of hydrogen-bond acceptors (Lipinski definition) is 4. The SMILES string of the molecule is O=C(OCc1ccccc1)C1CCCN1S(=O)(=O)c1cc(C(F)(F)F)ccc1Cl. The Morgan fingerprint density at radius 2 is 1.86 bits per heavy atom. The number of rotatable bonds is 5. The Hall–Kier alpha value is -2.10. The van der Waals surface area contributed by atoms with Crippen molar-refractivity contribution in [1.29, 1.82) is 0 Å². The molecule has 0 spiro atoms. The third-order valence-corrected chi connectivity index (χ3v) is 6.93. The van der Waals surface area contributed by atoms with Crippen molar-refractivity contribution in [1.82, 2.24) is 4.31 Å². The summed E-state index contributed by atoms with van der Waals surface area (Å²) in [6, 6.07) is 9.80. The highest BCUT2D eigenvalue weighted by molar-refractivity contribution is 7.89. The quantitative estimate of drug-likeness (QED) is 0.643. The van der Waals surface area contributed by atoms with Crippen LogP contribution in [0.25, 0.3) is 0 Å². The van der Waals surface area contributed by atoms with Crippen LogP contribution >= 0.6 is 11.6 Å². The number of carbonyl (C=O) groups is 1. The second-order valence-corrected chi connectivity index (χ2v) is 8.78. The van der Waals surface area contributed by atoms with E-state index in [0.717, 1.165) is 15.9 Å². The summed E-state index contributed by atoms with van der Waals surface area (Å²) in [6.07, 6.45) is -4.14. The van der Waals surface area contributed by atoms with E-state index in [2.05, 4.69) is 0 Å². The summed E-state index contributed by atoms with van der Waals surface area (Å²) in [5.41, 5.74) is -0.406. The molecule has 0 N–H and O–H groups in total. The van der Waals surface area contributed by atoms with Crippen LogP contribution in [0.4, 0.5) is 13.2 Å². The first-order chi connectivity index (χ1) is 13.6. The molecule has 3 rings (SSSR count). The van der Waals surface area contributed by atoms with Gasteiger partial charge >= 0.3 is 12.1 Å². The normalized spacial score (nSPS) is 18.0. The zero-order valence-corrected chi connectivity index (χ0v) is 16.6. The minimum Gasteiger partial charge on any atom is -0.460 e. The predicted molar refractivity (Wildman–Crippen MR) is 99.6 cm³/mol. The smallest absolute Gasteiger partial charge is 0.416 e. The van der Waals surface area contributed by atoms with Crippen LogP contribution in [-0.4, -0.2) is 31.3 Å². The average molecular weight is 448 g/mol. The molecule has 2 aromatic carbocycles. The van der Waals surface area contributed by atoms with Crippen molar-refractivity contribution in [2.75, 3.05) is 6.54 Å². The largest absolute Gasteiger partial charge is 0.460 e. The van der Waals surface area contributed by atoms with Crippen LogP contribution in [0.15, 0.2) is 53.4 Å². The van der Waals surface area contributed by atoms with Gasteiger partial charge in [-0.2, -0.15) is 17.5 Å². The summed E-state index contributed by atoms with van der Waals surface area (Å²) >= 11 is 5.89. The summed E-state index contributed by atoms with van der Waals surface area (Å²) in [5, 5.41) is -0.346. The zero-order chi connectivity index (χ0) is 21.2. The number of nitrogens with zero attached hydrogens (tertiary/aromatic N) is 1. The van der Waals surface area contributed by atoms with Gasteiger partial charge in [-0.1, -0.05) is 41.9 Å². The molecule has 1 atom stereocenters. The molecule has 1 fully saturated rings. The van der Waals surface area contributed by atoms with E-state index in [4.69, 9.17) is 16.3 Å². The number of carbonyl (C=O) groups excluding carboxylic acids is 1.